The van der Waals surface area contributed by atoms with Crippen LogP contribution in [0.5, 0.6) is 0 Å². The lowest BCUT2D eigenvalue weighted by Gasteiger charge is -2.35. The highest BCUT2D eigenvalue weighted by atomic mass is 16.5. The number of nitrogens with zero attached hydrogens (tertiary/aromatic N) is 1. The smallest absolute Gasteiger partial charge is 0.276 e. The standard InChI is InChI=1S/C21H26N4O3/c22-23-19(26)21(13-7-8-14-28-21)20(27)24-25(15-17-9-3-1-4-10-17)16-18-11-5-2-6-12-18/h1-6,9-12H,7-8,13-16,22H2,(H,23,26)(H,24,27). The summed E-state index contributed by atoms with van der Waals surface area (Å²) < 4.78 is 5.65. The maximum atomic E-state index is 13.1. The van der Waals surface area contributed by atoms with Crippen molar-refractivity contribution in [2.24, 2.45) is 5.84 Å². The lowest BCUT2D eigenvalue weighted by molar-refractivity contribution is -0.170. The molecule has 1 aliphatic heterocycles. The first-order valence-corrected chi connectivity index (χ1v) is 9.43. The van der Waals surface area contributed by atoms with Crippen LogP contribution in [0.4, 0.5) is 0 Å². The third-order valence-corrected chi connectivity index (χ3v) is 4.83. The number of benzene rings is 2. The van der Waals surface area contributed by atoms with Gasteiger partial charge in [-0.15, -0.1) is 0 Å². The minimum atomic E-state index is -1.60. The Morgan fingerprint density at radius 3 is 1.96 bits per heavy atom. The molecule has 3 rings (SSSR count). The highest BCUT2D eigenvalue weighted by Crippen LogP contribution is 2.26. The quantitative estimate of drug-likeness (QED) is 0.293. The normalized spacial score (nSPS) is 19.2. The van der Waals surface area contributed by atoms with Crippen LogP contribution in [0.1, 0.15) is 30.4 Å². The molecule has 1 heterocycles. The first-order chi connectivity index (χ1) is 13.6. The molecule has 1 fully saturated rings. The number of nitrogens with one attached hydrogen (secondary N) is 2. The summed E-state index contributed by atoms with van der Waals surface area (Å²) in [4.78, 5) is 25.5. The van der Waals surface area contributed by atoms with Gasteiger partial charge in [0.25, 0.3) is 11.8 Å². The fourth-order valence-electron chi connectivity index (χ4n) is 3.35. The topological polar surface area (TPSA) is 96.7 Å². The van der Waals surface area contributed by atoms with E-state index in [9.17, 15) is 9.59 Å². The van der Waals surface area contributed by atoms with Crippen molar-refractivity contribution >= 4 is 11.8 Å². The van der Waals surface area contributed by atoms with Crippen molar-refractivity contribution in [1.29, 1.82) is 0 Å². The average Bonchev–Trinajstić information content (AvgIpc) is 2.75. The van der Waals surface area contributed by atoms with Crippen molar-refractivity contribution in [3.63, 3.8) is 0 Å². The highest BCUT2D eigenvalue weighted by Gasteiger charge is 2.48. The van der Waals surface area contributed by atoms with E-state index >= 15 is 0 Å². The Labute approximate surface area is 164 Å². The van der Waals surface area contributed by atoms with Gasteiger partial charge in [-0.05, 0) is 30.4 Å². The molecular weight excluding hydrogens is 356 g/mol. The van der Waals surface area contributed by atoms with Crippen molar-refractivity contribution in [3.8, 4) is 0 Å². The summed E-state index contributed by atoms with van der Waals surface area (Å²) in [6, 6.07) is 19.6. The molecule has 0 bridgehead atoms. The molecule has 1 saturated heterocycles. The zero-order valence-corrected chi connectivity index (χ0v) is 15.8. The zero-order chi connectivity index (χ0) is 19.8. The minimum Gasteiger partial charge on any atom is -0.356 e. The summed E-state index contributed by atoms with van der Waals surface area (Å²) in [5.41, 5.74) is 5.46. The summed E-state index contributed by atoms with van der Waals surface area (Å²) in [6.45, 7) is 1.32. The molecule has 0 aliphatic carbocycles. The van der Waals surface area contributed by atoms with E-state index in [0.29, 0.717) is 26.1 Å². The molecule has 7 nitrogen and oxygen atoms in total. The van der Waals surface area contributed by atoms with Gasteiger partial charge in [-0.25, -0.2) is 10.9 Å². The van der Waals surface area contributed by atoms with E-state index in [1.165, 1.54) is 0 Å². The number of amides is 2. The van der Waals surface area contributed by atoms with Crippen molar-refractivity contribution in [3.05, 3.63) is 71.8 Å². The second-order valence-electron chi connectivity index (χ2n) is 6.87. The Hall–Kier alpha value is -2.74. The van der Waals surface area contributed by atoms with Gasteiger partial charge in [-0.3, -0.25) is 20.4 Å². The number of hydrogen-bond acceptors (Lipinski definition) is 5. The fourth-order valence-corrected chi connectivity index (χ4v) is 3.35. The van der Waals surface area contributed by atoms with E-state index in [1.54, 1.807) is 5.01 Å². The van der Waals surface area contributed by atoms with Gasteiger partial charge >= 0.3 is 0 Å². The van der Waals surface area contributed by atoms with Gasteiger partial charge in [0, 0.05) is 19.7 Å². The number of ether oxygens (including phenoxy) is 1. The van der Waals surface area contributed by atoms with Gasteiger partial charge in [0.2, 0.25) is 5.60 Å². The minimum absolute atomic E-state index is 0.298. The van der Waals surface area contributed by atoms with Crippen LogP contribution in [0.3, 0.4) is 0 Å². The molecule has 7 heteroatoms. The highest BCUT2D eigenvalue weighted by molar-refractivity contribution is 6.08. The molecule has 2 aromatic carbocycles. The molecular formula is C21H26N4O3. The number of carbonyl (C=O) groups is 2. The predicted octanol–water partition coefficient (Wildman–Crippen LogP) is 1.65. The summed E-state index contributed by atoms with van der Waals surface area (Å²) in [5.74, 6) is 4.21. The second-order valence-corrected chi connectivity index (χ2v) is 6.87. The molecule has 0 saturated carbocycles. The van der Waals surface area contributed by atoms with E-state index in [1.807, 2.05) is 60.7 Å². The molecule has 4 N–H and O–H groups in total. The molecule has 1 unspecified atom stereocenters. The molecule has 1 aliphatic rings. The van der Waals surface area contributed by atoms with Crippen LogP contribution in [0.2, 0.25) is 0 Å². The van der Waals surface area contributed by atoms with Crippen LogP contribution < -0.4 is 16.7 Å². The third-order valence-electron chi connectivity index (χ3n) is 4.83. The van der Waals surface area contributed by atoms with E-state index in [2.05, 4.69) is 10.9 Å². The Morgan fingerprint density at radius 2 is 1.50 bits per heavy atom. The molecule has 1 atom stereocenters. The lowest BCUT2D eigenvalue weighted by atomic mass is 9.92. The van der Waals surface area contributed by atoms with Crippen molar-refractivity contribution < 1.29 is 14.3 Å². The van der Waals surface area contributed by atoms with E-state index < -0.39 is 17.4 Å². The SMILES string of the molecule is NNC(=O)C1(C(=O)NN(Cc2ccccc2)Cc2ccccc2)CCCCO1. The maximum absolute atomic E-state index is 13.1. The Kier molecular flexibility index (Phi) is 6.76. The Bertz CT molecular complexity index is 735. The first kappa shape index (κ1) is 20.0. The first-order valence-electron chi connectivity index (χ1n) is 9.43. The van der Waals surface area contributed by atoms with Crippen LogP contribution in [0.25, 0.3) is 0 Å². The molecule has 2 amide bonds. The molecule has 0 aromatic heterocycles. The van der Waals surface area contributed by atoms with Crippen LogP contribution >= 0.6 is 0 Å². The van der Waals surface area contributed by atoms with E-state index in [-0.39, 0.29) is 0 Å². The third kappa shape index (κ3) is 4.75. The van der Waals surface area contributed by atoms with Crippen LogP contribution in [-0.4, -0.2) is 29.0 Å². The molecule has 0 radical (unpaired) electrons. The second kappa shape index (κ2) is 9.45. The van der Waals surface area contributed by atoms with Crippen LogP contribution in [0, 0.1) is 0 Å². The van der Waals surface area contributed by atoms with Crippen molar-refractivity contribution in [1.82, 2.24) is 15.9 Å². The summed E-state index contributed by atoms with van der Waals surface area (Å²) in [6.07, 6.45) is 1.83. The Balaban J connectivity index is 1.80. The van der Waals surface area contributed by atoms with Gasteiger partial charge in [-0.2, -0.15) is 0 Å². The van der Waals surface area contributed by atoms with Gasteiger partial charge < -0.3 is 4.74 Å². The number of rotatable bonds is 7. The summed E-state index contributed by atoms with van der Waals surface area (Å²) in [5, 5.41) is 1.79. The van der Waals surface area contributed by atoms with E-state index in [4.69, 9.17) is 10.6 Å². The Morgan fingerprint density at radius 1 is 0.929 bits per heavy atom. The number of hydrogen-bond donors (Lipinski definition) is 3. The van der Waals surface area contributed by atoms with Gasteiger partial charge in [0.05, 0.1) is 0 Å². The lowest BCUT2D eigenvalue weighted by Crippen LogP contribution is -2.63. The van der Waals surface area contributed by atoms with Gasteiger partial charge in [0.15, 0.2) is 0 Å². The van der Waals surface area contributed by atoms with Gasteiger partial charge in [0.1, 0.15) is 0 Å². The molecule has 2 aromatic rings. The monoisotopic (exact) mass is 382 g/mol. The molecule has 0 spiro atoms. The zero-order valence-electron chi connectivity index (χ0n) is 15.8. The van der Waals surface area contributed by atoms with Crippen molar-refractivity contribution in [2.75, 3.05) is 6.61 Å². The summed E-state index contributed by atoms with van der Waals surface area (Å²) >= 11 is 0. The maximum Gasteiger partial charge on any atom is 0.276 e. The molecule has 148 valence electrons. The number of nitrogens with two attached hydrogens (primary N) is 1. The fraction of sp³-hybridized carbons (Fsp3) is 0.333. The average molecular weight is 382 g/mol. The number of carbonyl (C=O) groups excluding carboxylic acids is 2. The van der Waals surface area contributed by atoms with Gasteiger partial charge in [-0.1, -0.05) is 60.7 Å². The van der Waals surface area contributed by atoms with Crippen molar-refractivity contribution in [2.45, 2.75) is 38.0 Å². The van der Waals surface area contributed by atoms with Crippen LogP contribution in [-0.2, 0) is 27.4 Å². The largest absolute Gasteiger partial charge is 0.356 e. The van der Waals surface area contributed by atoms with E-state index in [0.717, 1.165) is 24.0 Å². The number of hydrazine groups is 2. The summed E-state index contributed by atoms with van der Waals surface area (Å²) in [7, 11) is 0. The molecule has 28 heavy (non-hydrogen) atoms. The predicted molar refractivity (Wildman–Crippen MR) is 105 cm³/mol. The van der Waals surface area contributed by atoms with Crippen LogP contribution in [0.15, 0.2) is 60.7 Å².